The van der Waals surface area contributed by atoms with Gasteiger partial charge in [0.05, 0.1) is 46.5 Å². The van der Waals surface area contributed by atoms with Gasteiger partial charge in [-0.05, 0) is 50.7 Å². The van der Waals surface area contributed by atoms with Crippen LogP contribution in [0, 0.1) is 11.8 Å². The number of hydrogen-bond donors (Lipinski definition) is 1. The molecule has 0 saturated carbocycles. The first-order valence-corrected chi connectivity index (χ1v) is 14.7. The van der Waals surface area contributed by atoms with Crippen molar-refractivity contribution < 1.29 is 24.2 Å². The summed E-state index contributed by atoms with van der Waals surface area (Å²) >= 11 is 8.09. The molecule has 1 spiro atoms. The molecule has 3 fully saturated rings. The molecule has 2 amide bonds. The fourth-order valence-electron chi connectivity index (χ4n) is 6.36. The lowest BCUT2D eigenvalue weighted by atomic mass is 9.71. The Morgan fingerprint density at radius 1 is 1.32 bits per heavy atom. The molecule has 2 unspecified atom stereocenters. The molecule has 0 aromatic heterocycles. The lowest BCUT2D eigenvalue weighted by molar-refractivity contribution is -0.154. The summed E-state index contributed by atoms with van der Waals surface area (Å²) in [5.41, 5.74) is 0.538. The highest BCUT2D eigenvalue weighted by atomic mass is 35.5. The van der Waals surface area contributed by atoms with Crippen LogP contribution in [0.1, 0.15) is 45.4 Å². The average Bonchev–Trinajstić information content (AvgIpc) is 3.56. The molecule has 1 N–H and O–H groups in total. The molecule has 2 bridgehead atoms. The number of aliphatic hydroxyl groups excluding tert-OH is 1. The van der Waals surface area contributed by atoms with Crippen molar-refractivity contribution >= 4 is 46.8 Å². The van der Waals surface area contributed by atoms with E-state index in [1.54, 1.807) is 45.8 Å². The average molecular weight is 561 g/mol. The summed E-state index contributed by atoms with van der Waals surface area (Å²) in [5, 5.41) is 10.6. The lowest BCUT2D eigenvalue weighted by Gasteiger charge is -2.39. The van der Waals surface area contributed by atoms with Crippen LogP contribution in [0.25, 0.3) is 0 Å². The maximum absolute atomic E-state index is 14.5. The molecule has 1 aromatic carbocycles. The van der Waals surface area contributed by atoms with Crippen LogP contribution in [0.3, 0.4) is 0 Å². The van der Waals surface area contributed by atoms with Crippen LogP contribution >= 0.6 is 23.4 Å². The number of amides is 2. The van der Waals surface area contributed by atoms with Crippen molar-refractivity contribution in [3.63, 3.8) is 0 Å². The number of hydrogen-bond acceptors (Lipinski definition) is 6. The predicted octanol–water partition coefficient (Wildman–Crippen LogP) is 4.62. The summed E-state index contributed by atoms with van der Waals surface area (Å²) in [6.45, 7) is 9.67. The van der Waals surface area contributed by atoms with Crippen LogP contribution < -0.4 is 4.90 Å². The summed E-state index contributed by atoms with van der Waals surface area (Å²) in [6.07, 6.45) is 7.79. The van der Waals surface area contributed by atoms with Crippen molar-refractivity contribution in [1.82, 2.24) is 4.90 Å². The summed E-state index contributed by atoms with van der Waals surface area (Å²) in [4.78, 5) is 45.1. The number of halogens is 1. The highest BCUT2D eigenvalue weighted by Gasteiger charge is 2.74. The number of nitrogens with zero attached hydrogens (tertiary/aromatic N) is 2. The van der Waals surface area contributed by atoms with Gasteiger partial charge in [-0.15, -0.1) is 24.9 Å². The summed E-state index contributed by atoms with van der Waals surface area (Å²) in [6, 6.07) is 5.72. The van der Waals surface area contributed by atoms with Gasteiger partial charge in [0.2, 0.25) is 5.91 Å². The van der Waals surface area contributed by atoms with Crippen molar-refractivity contribution in [3.8, 4) is 0 Å². The zero-order valence-electron chi connectivity index (χ0n) is 21.9. The van der Waals surface area contributed by atoms with Gasteiger partial charge in [0.15, 0.2) is 0 Å². The van der Waals surface area contributed by atoms with E-state index < -0.39 is 28.7 Å². The van der Waals surface area contributed by atoms with Gasteiger partial charge in [-0.1, -0.05) is 42.8 Å². The van der Waals surface area contributed by atoms with Crippen LogP contribution in [-0.4, -0.2) is 69.6 Å². The Kier molecular flexibility index (Phi) is 9.27. The summed E-state index contributed by atoms with van der Waals surface area (Å²) in [7, 11) is 0. The molecule has 0 radical (unpaired) electrons. The van der Waals surface area contributed by atoms with E-state index in [0.29, 0.717) is 30.2 Å². The third-order valence-electron chi connectivity index (χ3n) is 8.09. The number of allylic oxidation sites excluding steroid dienone is 1. The molecule has 0 aliphatic carbocycles. The molecule has 4 rings (SSSR count). The van der Waals surface area contributed by atoms with Crippen LogP contribution in [0.2, 0.25) is 5.02 Å². The van der Waals surface area contributed by atoms with Crippen LogP contribution in [0.5, 0.6) is 0 Å². The maximum atomic E-state index is 14.5. The van der Waals surface area contributed by atoms with Gasteiger partial charge in [0.25, 0.3) is 5.91 Å². The van der Waals surface area contributed by atoms with E-state index >= 15 is 0 Å². The quantitative estimate of drug-likeness (QED) is 0.215. The van der Waals surface area contributed by atoms with Gasteiger partial charge < -0.3 is 19.6 Å². The van der Waals surface area contributed by atoms with Crippen molar-refractivity contribution in [2.45, 2.75) is 67.5 Å². The van der Waals surface area contributed by atoms with Gasteiger partial charge in [-0.2, -0.15) is 0 Å². The Bertz CT molecular complexity index is 1080. The number of para-hydroxylation sites is 1. The van der Waals surface area contributed by atoms with E-state index in [1.807, 2.05) is 19.1 Å². The number of rotatable bonds is 13. The number of unbranched alkanes of at least 4 members (excludes halogenated alkanes) is 2. The van der Waals surface area contributed by atoms with Gasteiger partial charge in [0, 0.05) is 11.8 Å². The fourth-order valence-corrected chi connectivity index (χ4v) is 8.78. The first-order valence-electron chi connectivity index (χ1n) is 13.4. The minimum atomic E-state index is -0.839. The fraction of sp³-hybridized carbons (Fsp3) is 0.552. The number of carbonyl (C=O) groups is 3. The molecule has 3 heterocycles. The first kappa shape index (κ1) is 28.7. The topological polar surface area (TPSA) is 87.1 Å². The van der Waals surface area contributed by atoms with Crippen LogP contribution in [-0.2, 0) is 19.1 Å². The number of benzene rings is 1. The second kappa shape index (κ2) is 12.3. The molecule has 38 heavy (non-hydrogen) atoms. The Morgan fingerprint density at radius 3 is 2.74 bits per heavy atom. The third kappa shape index (κ3) is 4.91. The zero-order chi connectivity index (χ0) is 27.4. The predicted molar refractivity (Wildman–Crippen MR) is 151 cm³/mol. The van der Waals surface area contributed by atoms with E-state index in [0.717, 1.165) is 25.7 Å². The van der Waals surface area contributed by atoms with E-state index in [-0.39, 0.29) is 36.2 Å². The Balaban J connectivity index is 1.70. The molecule has 3 aliphatic heterocycles. The van der Waals surface area contributed by atoms with Crippen LogP contribution in [0.15, 0.2) is 49.6 Å². The summed E-state index contributed by atoms with van der Waals surface area (Å²) in [5.74, 6) is -2.15. The highest BCUT2D eigenvalue weighted by molar-refractivity contribution is 8.02. The summed E-state index contributed by atoms with van der Waals surface area (Å²) < 4.78 is 4.89. The highest BCUT2D eigenvalue weighted by Crippen LogP contribution is 2.67. The Hall–Kier alpha value is -2.29. The number of anilines is 1. The van der Waals surface area contributed by atoms with E-state index in [4.69, 9.17) is 16.3 Å². The largest absolute Gasteiger partial charge is 0.465 e. The second-order valence-electron chi connectivity index (χ2n) is 10.2. The van der Waals surface area contributed by atoms with E-state index in [2.05, 4.69) is 13.2 Å². The molecule has 206 valence electrons. The van der Waals surface area contributed by atoms with E-state index in [9.17, 15) is 19.5 Å². The molecule has 3 saturated heterocycles. The van der Waals surface area contributed by atoms with E-state index in [1.165, 1.54) is 0 Å². The first-order chi connectivity index (χ1) is 18.4. The minimum Gasteiger partial charge on any atom is -0.465 e. The van der Waals surface area contributed by atoms with Crippen LogP contribution in [0.4, 0.5) is 5.69 Å². The van der Waals surface area contributed by atoms with Crippen molar-refractivity contribution in [1.29, 1.82) is 0 Å². The molecule has 9 heteroatoms. The number of likely N-dealkylation sites (tertiary alicyclic amines) is 1. The van der Waals surface area contributed by atoms with Crippen molar-refractivity contribution in [2.24, 2.45) is 11.8 Å². The molecule has 6 atom stereocenters. The monoisotopic (exact) mass is 560 g/mol. The second-order valence-corrected chi connectivity index (χ2v) is 12.2. The molecule has 7 nitrogen and oxygen atoms in total. The lowest BCUT2D eigenvalue weighted by Crippen LogP contribution is -2.57. The molecule has 1 aromatic rings. The normalized spacial score (nSPS) is 28.2. The maximum Gasteiger partial charge on any atom is 0.310 e. The zero-order valence-corrected chi connectivity index (χ0v) is 23.5. The number of ether oxygens (including phenoxy) is 1. The number of fused-ring (bicyclic) bond motifs is 1. The van der Waals surface area contributed by atoms with Gasteiger partial charge >= 0.3 is 5.97 Å². The smallest absolute Gasteiger partial charge is 0.310 e. The SMILES string of the molecule is C=CCCCCOC(=O)[C@@H]1[C@H]2C(=O)N([C@@H](CC)CO)C(C(=O)N(CC=C)c3ccccc3Cl)C23CC[C@H]1S3. The molecule has 3 aliphatic rings. The Labute approximate surface area is 234 Å². The Morgan fingerprint density at radius 2 is 2.08 bits per heavy atom. The minimum absolute atomic E-state index is 0.0792. The van der Waals surface area contributed by atoms with Gasteiger partial charge in [-0.3, -0.25) is 14.4 Å². The number of esters is 1. The molecular formula is C29H37ClN2O5S. The number of aliphatic hydroxyl groups is 1. The number of thioether (sulfide) groups is 1. The van der Waals surface area contributed by atoms with Gasteiger partial charge in [-0.25, -0.2) is 0 Å². The third-order valence-corrected chi connectivity index (χ3v) is 10.4. The number of carbonyl (C=O) groups excluding carboxylic acids is 3. The standard InChI is InChI=1S/C29H37ClN2O5S/c1-4-7-8-11-17-37-28(36)23-22-14-15-29(38-22)24(23)26(34)32(19(6-3)18-33)25(29)27(35)31(16-5-2)21-13-10-9-12-20(21)30/h4-5,9-10,12-13,19,22-25,33H,1-2,6-8,11,14-18H2,3H3/t19-,22+,23-,24-,25?,29?/m0/s1. The molecular weight excluding hydrogens is 524 g/mol. The van der Waals surface area contributed by atoms with Crippen molar-refractivity contribution in [2.75, 3.05) is 24.7 Å². The van der Waals surface area contributed by atoms with Crippen molar-refractivity contribution in [3.05, 3.63) is 54.6 Å². The van der Waals surface area contributed by atoms with Gasteiger partial charge in [0.1, 0.15) is 6.04 Å².